The molecule has 0 amide bonds. The van der Waals surface area contributed by atoms with Crippen LogP contribution in [0.3, 0.4) is 0 Å². The third kappa shape index (κ3) is 18.1. The highest BCUT2D eigenvalue weighted by Crippen LogP contribution is 2.13. The van der Waals surface area contributed by atoms with Gasteiger partial charge in [-0.2, -0.15) is 16.8 Å². The summed E-state index contributed by atoms with van der Waals surface area (Å²) in [4.78, 5) is 11.4. The summed E-state index contributed by atoms with van der Waals surface area (Å²) in [5, 5.41) is -1.61. The van der Waals surface area contributed by atoms with E-state index in [9.17, 15) is 21.6 Å². The molecular weight excluding hydrogens is 380 g/mol. The number of unbranched alkanes of at least 4 members (excludes halogenated alkanes) is 12. The predicted octanol–water partition coefficient (Wildman–Crippen LogP) is 4.19. The van der Waals surface area contributed by atoms with E-state index in [-0.39, 0.29) is 6.42 Å². The predicted molar refractivity (Wildman–Crippen MR) is 102 cm³/mol. The maximum absolute atomic E-state index is 11.4. The first-order valence-electron chi connectivity index (χ1n) is 9.56. The molecule has 0 saturated heterocycles. The van der Waals surface area contributed by atoms with Crippen molar-refractivity contribution in [2.24, 2.45) is 0 Å². The van der Waals surface area contributed by atoms with Crippen LogP contribution in [0.25, 0.3) is 0 Å². The van der Waals surface area contributed by atoms with Crippen LogP contribution in [0.4, 0.5) is 0 Å². The Morgan fingerprint density at radius 1 is 0.731 bits per heavy atom. The van der Waals surface area contributed by atoms with Gasteiger partial charge in [-0.15, -0.1) is 0 Å². The molecule has 0 fully saturated rings. The molecule has 0 aromatic carbocycles. The second-order valence-electron chi connectivity index (χ2n) is 6.71. The first kappa shape index (κ1) is 25.3. The summed E-state index contributed by atoms with van der Waals surface area (Å²) in [6.45, 7) is 2.22. The first-order valence-corrected chi connectivity index (χ1v) is 12.7. The van der Waals surface area contributed by atoms with Gasteiger partial charge in [0, 0.05) is 6.42 Å². The molecule has 0 atom stereocenters. The zero-order valence-corrected chi connectivity index (χ0v) is 17.5. The van der Waals surface area contributed by atoms with Crippen LogP contribution in [0, 0.1) is 0 Å². The van der Waals surface area contributed by atoms with E-state index < -0.39 is 31.3 Å². The molecule has 0 heterocycles. The third-order valence-corrected chi connectivity index (χ3v) is 6.78. The average Bonchev–Trinajstić information content (AvgIpc) is 2.48. The van der Waals surface area contributed by atoms with Crippen molar-refractivity contribution < 1.29 is 30.4 Å². The summed E-state index contributed by atoms with van der Waals surface area (Å²) in [5.41, 5.74) is 0. The molecule has 0 aliphatic carbocycles. The molecule has 9 heteroatoms. The minimum Gasteiger partial charge on any atom is -0.345 e. The Bertz CT molecular complexity index is 568. The van der Waals surface area contributed by atoms with Crippen molar-refractivity contribution in [1.29, 1.82) is 0 Å². The van der Waals surface area contributed by atoms with Crippen molar-refractivity contribution in [3.8, 4) is 0 Å². The van der Waals surface area contributed by atoms with Gasteiger partial charge in [0.25, 0.3) is 10.1 Å². The monoisotopic (exact) mass is 414 g/mol. The van der Waals surface area contributed by atoms with Crippen molar-refractivity contribution in [3.05, 3.63) is 0 Å². The van der Waals surface area contributed by atoms with Gasteiger partial charge in [0.05, 0.1) is 0 Å². The quantitative estimate of drug-likeness (QED) is 0.215. The molecule has 0 aliphatic heterocycles. The molecule has 0 saturated carbocycles. The molecule has 7 nitrogen and oxygen atoms in total. The fourth-order valence-corrected chi connectivity index (χ4v) is 4.70. The normalized spacial score (nSPS) is 12.2. The van der Waals surface area contributed by atoms with Gasteiger partial charge >= 0.3 is 16.1 Å². The average molecular weight is 415 g/mol. The second kappa shape index (κ2) is 14.4. The minimum atomic E-state index is -4.74. The molecule has 0 radical (unpaired) electrons. The highest BCUT2D eigenvalue weighted by molar-refractivity contribution is 8.03. The Balaban J connectivity index is 3.51. The molecule has 0 spiro atoms. The second-order valence-corrected chi connectivity index (χ2v) is 10.1. The van der Waals surface area contributed by atoms with Crippen LogP contribution >= 0.6 is 0 Å². The fraction of sp³-hybridized carbons (Fsp3) is 0.941. The lowest BCUT2D eigenvalue weighted by Crippen LogP contribution is -2.21. The van der Waals surface area contributed by atoms with Gasteiger partial charge in [0.2, 0.25) is 5.08 Å². The first-order chi connectivity index (χ1) is 12.2. The summed E-state index contributed by atoms with van der Waals surface area (Å²) in [7, 11) is -9.34. The summed E-state index contributed by atoms with van der Waals surface area (Å²) in [6, 6.07) is 0. The molecule has 0 aromatic rings. The van der Waals surface area contributed by atoms with E-state index in [0.29, 0.717) is 6.42 Å². The topological polar surface area (TPSA) is 115 Å². The van der Waals surface area contributed by atoms with Crippen LogP contribution in [0.5, 0.6) is 0 Å². The summed E-state index contributed by atoms with van der Waals surface area (Å²) < 4.78 is 56.0. The molecule has 0 rings (SSSR count). The van der Waals surface area contributed by atoms with E-state index in [1.54, 1.807) is 0 Å². The molecule has 156 valence electrons. The van der Waals surface area contributed by atoms with Crippen LogP contribution < -0.4 is 0 Å². The molecule has 1 N–H and O–H groups in total. The molecule has 0 aliphatic rings. The smallest absolute Gasteiger partial charge is 0.328 e. The van der Waals surface area contributed by atoms with Crippen LogP contribution in [0.2, 0.25) is 0 Å². The lowest BCUT2D eigenvalue weighted by Gasteiger charge is -2.05. The lowest BCUT2D eigenvalue weighted by atomic mass is 10.0. The number of hydrogen-bond donors (Lipinski definition) is 1. The van der Waals surface area contributed by atoms with Crippen LogP contribution in [-0.2, 0) is 29.2 Å². The standard InChI is InChI=1S/C17H34O7S2/c1-2-3-4-5-6-7-8-9-10-11-12-13-14-15-17(18)24-26(22,23)16-25(19,20)21/h2-16H2,1H3,(H,19,20,21). The minimum absolute atomic E-state index is 0.0809. The van der Waals surface area contributed by atoms with E-state index in [0.717, 1.165) is 19.3 Å². The van der Waals surface area contributed by atoms with Gasteiger partial charge in [-0.1, -0.05) is 84.0 Å². The maximum Gasteiger partial charge on any atom is 0.328 e. The van der Waals surface area contributed by atoms with E-state index >= 15 is 0 Å². The Hall–Kier alpha value is -0.670. The van der Waals surface area contributed by atoms with Gasteiger partial charge in [-0.25, -0.2) is 0 Å². The van der Waals surface area contributed by atoms with Crippen molar-refractivity contribution in [1.82, 2.24) is 0 Å². The number of carbonyl (C=O) groups is 1. The zero-order valence-electron chi connectivity index (χ0n) is 15.8. The van der Waals surface area contributed by atoms with Gasteiger partial charge in [0.1, 0.15) is 0 Å². The van der Waals surface area contributed by atoms with E-state index in [4.69, 9.17) is 4.55 Å². The number of hydrogen-bond acceptors (Lipinski definition) is 6. The lowest BCUT2D eigenvalue weighted by molar-refractivity contribution is -0.133. The van der Waals surface area contributed by atoms with Crippen LogP contribution in [0.1, 0.15) is 96.8 Å². The Morgan fingerprint density at radius 2 is 1.12 bits per heavy atom. The fourth-order valence-electron chi connectivity index (χ4n) is 2.68. The maximum atomic E-state index is 11.4. The van der Waals surface area contributed by atoms with Crippen LogP contribution in [0.15, 0.2) is 0 Å². The molecular formula is C17H34O7S2. The SMILES string of the molecule is CCCCCCCCCCCCCCCC(=O)OS(=O)(=O)CS(=O)(=O)O. The number of carbonyl (C=O) groups excluding carboxylic acids is 1. The summed E-state index contributed by atoms with van der Waals surface area (Å²) in [6.07, 6.45) is 14.8. The van der Waals surface area contributed by atoms with Crippen molar-refractivity contribution in [3.63, 3.8) is 0 Å². The molecule has 0 bridgehead atoms. The van der Waals surface area contributed by atoms with Gasteiger partial charge in [0.15, 0.2) is 0 Å². The molecule has 0 unspecified atom stereocenters. The Morgan fingerprint density at radius 3 is 1.50 bits per heavy atom. The van der Waals surface area contributed by atoms with Gasteiger partial charge in [-0.05, 0) is 6.42 Å². The van der Waals surface area contributed by atoms with Crippen LogP contribution in [-0.4, -0.2) is 32.4 Å². The van der Waals surface area contributed by atoms with E-state index in [2.05, 4.69) is 11.1 Å². The van der Waals surface area contributed by atoms with Gasteiger partial charge in [-0.3, -0.25) is 9.35 Å². The highest BCUT2D eigenvalue weighted by atomic mass is 32.3. The van der Waals surface area contributed by atoms with Crippen molar-refractivity contribution in [2.75, 3.05) is 5.08 Å². The third-order valence-electron chi connectivity index (χ3n) is 4.00. The number of rotatable bonds is 17. The van der Waals surface area contributed by atoms with E-state index in [1.807, 2.05) is 0 Å². The largest absolute Gasteiger partial charge is 0.345 e. The van der Waals surface area contributed by atoms with Crippen molar-refractivity contribution in [2.45, 2.75) is 96.8 Å². The zero-order chi connectivity index (χ0) is 19.9. The molecule has 26 heavy (non-hydrogen) atoms. The summed E-state index contributed by atoms with van der Waals surface area (Å²) in [5.74, 6) is -0.989. The Kier molecular flexibility index (Phi) is 14.0. The van der Waals surface area contributed by atoms with Crippen molar-refractivity contribution >= 4 is 26.2 Å². The molecule has 0 aromatic heterocycles. The van der Waals surface area contributed by atoms with Gasteiger partial charge < -0.3 is 4.18 Å². The Labute approximate surface area is 158 Å². The van der Waals surface area contributed by atoms with E-state index in [1.165, 1.54) is 57.8 Å². The summed E-state index contributed by atoms with van der Waals surface area (Å²) >= 11 is 0. The highest BCUT2D eigenvalue weighted by Gasteiger charge is 2.24.